The van der Waals surface area contributed by atoms with Crippen molar-refractivity contribution >= 4 is 35.8 Å². The van der Waals surface area contributed by atoms with E-state index in [2.05, 4.69) is 25.4 Å². The summed E-state index contributed by atoms with van der Waals surface area (Å²) >= 11 is 0. The highest BCUT2D eigenvalue weighted by atomic mass is 127. The van der Waals surface area contributed by atoms with Gasteiger partial charge in [0.2, 0.25) is 5.91 Å². The van der Waals surface area contributed by atoms with E-state index in [1.807, 2.05) is 20.8 Å². The summed E-state index contributed by atoms with van der Waals surface area (Å²) in [6.07, 6.45) is 5.22. The van der Waals surface area contributed by atoms with Crippen LogP contribution in [0.5, 0.6) is 0 Å². The van der Waals surface area contributed by atoms with E-state index in [1.165, 1.54) is 38.8 Å². The zero-order chi connectivity index (χ0) is 16.9. The Morgan fingerprint density at radius 1 is 1.17 bits per heavy atom. The van der Waals surface area contributed by atoms with Gasteiger partial charge in [0, 0.05) is 31.7 Å². The van der Waals surface area contributed by atoms with Crippen LogP contribution in [0.15, 0.2) is 4.99 Å². The van der Waals surface area contributed by atoms with E-state index >= 15 is 0 Å². The first-order chi connectivity index (χ1) is 10.9. The molecule has 0 aromatic carbocycles. The summed E-state index contributed by atoms with van der Waals surface area (Å²) in [7, 11) is 1.79. The van der Waals surface area contributed by atoms with E-state index < -0.39 is 0 Å². The van der Waals surface area contributed by atoms with Gasteiger partial charge in [0.05, 0.1) is 6.54 Å². The second kappa shape index (κ2) is 9.79. The van der Waals surface area contributed by atoms with Crippen molar-refractivity contribution in [1.82, 2.24) is 20.4 Å². The van der Waals surface area contributed by atoms with Crippen LogP contribution in [0.3, 0.4) is 0 Å². The van der Waals surface area contributed by atoms with Crippen molar-refractivity contribution in [2.75, 3.05) is 39.8 Å². The summed E-state index contributed by atoms with van der Waals surface area (Å²) in [6, 6.07) is 0.636. The predicted molar refractivity (Wildman–Crippen MR) is 110 cm³/mol. The Morgan fingerprint density at radius 3 is 2.42 bits per heavy atom. The molecule has 0 bridgehead atoms. The van der Waals surface area contributed by atoms with Crippen molar-refractivity contribution in [3.63, 3.8) is 0 Å². The maximum Gasteiger partial charge on any atom is 0.239 e. The van der Waals surface area contributed by atoms with Gasteiger partial charge in [0.1, 0.15) is 0 Å². The molecule has 6 nitrogen and oxygen atoms in total. The van der Waals surface area contributed by atoms with E-state index in [4.69, 9.17) is 0 Å². The fraction of sp³-hybridized carbons (Fsp3) is 0.882. The molecule has 2 aliphatic rings. The molecule has 24 heavy (non-hydrogen) atoms. The Balaban J connectivity index is 0.00000288. The van der Waals surface area contributed by atoms with Gasteiger partial charge in [-0.2, -0.15) is 0 Å². The zero-order valence-electron chi connectivity index (χ0n) is 15.6. The molecule has 0 aromatic rings. The highest BCUT2D eigenvalue weighted by Crippen LogP contribution is 2.20. The molecule has 2 rings (SSSR count). The van der Waals surface area contributed by atoms with Gasteiger partial charge < -0.3 is 15.5 Å². The lowest BCUT2D eigenvalue weighted by Gasteiger charge is -2.32. The Kier molecular flexibility index (Phi) is 8.76. The average Bonchev–Trinajstić information content (AvgIpc) is 2.97. The van der Waals surface area contributed by atoms with Crippen LogP contribution in [0.4, 0.5) is 0 Å². The van der Waals surface area contributed by atoms with Gasteiger partial charge >= 0.3 is 0 Å². The molecule has 7 heteroatoms. The Labute approximate surface area is 163 Å². The molecule has 2 aliphatic heterocycles. The summed E-state index contributed by atoms with van der Waals surface area (Å²) in [5.74, 6) is 0.846. The van der Waals surface area contributed by atoms with E-state index in [9.17, 15) is 4.79 Å². The predicted octanol–water partition coefficient (Wildman–Crippen LogP) is 1.65. The van der Waals surface area contributed by atoms with Crippen LogP contribution in [-0.2, 0) is 4.79 Å². The molecule has 2 heterocycles. The molecule has 0 saturated carbocycles. The molecular weight excluding hydrogens is 417 g/mol. The van der Waals surface area contributed by atoms with Crippen molar-refractivity contribution in [2.24, 2.45) is 4.99 Å². The van der Waals surface area contributed by atoms with Crippen molar-refractivity contribution in [1.29, 1.82) is 0 Å². The third-order valence-electron chi connectivity index (χ3n) is 4.50. The second-order valence-electron chi connectivity index (χ2n) is 7.68. The van der Waals surface area contributed by atoms with E-state index in [0.717, 1.165) is 19.0 Å². The monoisotopic (exact) mass is 451 g/mol. The maximum absolute atomic E-state index is 12.0. The minimum absolute atomic E-state index is 0. The van der Waals surface area contributed by atoms with Crippen LogP contribution >= 0.6 is 24.0 Å². The number of amides is 1. The molecule has 2 N–H and O–H groups in total. The second-order valence-corrected chi connectivity index (χ2v) is 7.68. The summed E-state index contributed by atoms with van der Waals surface area (Å²) in [5, 5.41) is 6.17. The number of halogens is 1. The SMILES string of the molecule is CN=C(NCC(=O)NC(C)(C)C)N1CCC(N2CCCCC2)C1.I. The van der Waals surface area contributed by atoms with E-state index in [1.54, 1.807) is 7.05 Å². The molecule has 0 spiro atoms. The van der Waals surface area contributed by atoms with Crippen LogP contribution in [0.2, 0.25) is 0 Å². The number of rotatable bonds is 3. The average molecular weight is 451 g/mol. The van der Waals surface area contributed by atoms with Gasteiger partial charge in [0.25, 0.3) is 0 Å². The number of nitrogens with zero attached hydrogens (tertiary/aromatic N) is 3. The van der Waals surface area contributed by atoms with Crippen molar-refractivity contribution < 1.29 is 4.79 Å². The van der Waals surface area contributed by atoms with Gasteiger partial charge in [-0.3, -0.25) is 14.7 Å². The van der Waals surface area contributed by atoms with Crippen LogP contribution in [0.25, 0.3) is 0 Å². The first-order valence-corrected chi connectivity index (χ1v) is 8.90. The standard InChI is InChI=1S/C17H33N5O.HI/c1-17(2,3)20-15(23)12-19-16(18-4)22-11-8-14(13-22)21-9-6-5-7-10-21;/h14H,5-13H2,1-4H3,(H,18,19)(H,20,23);1H. The summed E-state index contributed by atoms with van der Waals surface area (Å²) in [6.45, 7) is 10.7. The van der Waals surface area contributed by atoms with Crippen molar-refractivity contribution in [3.05, 3.63) is 0 Å². The molecule has 2 saturated heterocycles. The van der Waals surface area contributed by atoms with E-state index in [-0.39, 0.29) is 42.0 Å². The topological polar surface area (TPSA) is 60.0 Å². The minimum Gasteiger partial charge on any atom is -0.350 e. The third kappa shape index (κ3) is 6.74. The molecule has 0 aromatic heterocycles. The summed E-state index contributed by atoms with van der Waals surface area (Å²) in [4.78, 5) is 21.2. The largest absolute Gasteiger partial charge is 0.350 e. The maximum atomic E-state index is 12.0. The fourth-order valence-corrected chi connectivity index (χ4v) is 3.47. The molecule has 0 aliphatic carbocycles. The number of piperidine rings is 1. The lowest BCUT2D eigenvalue weighted by atomic mass is 10.1. The molecule has 0 radical (unpaired) electrons. The van der Waals surface area contributed by atoms with Crippen molar-refractivity contribution in [2.45, 2.75) is 58.0 Å². The van der Waals surface area contributed by atoms with Crippen LogP contribution in [-0.4, -0.2) is 73.0 Å². The van der Waals surface area contributed by atoms with Gasteiger partial charge in [-0.05, 0) is 53.1 Å². The smallest absolute Gasteiger partial charge is 0.239 e. The first kappa shape index (κ1) is 21.5. The molecule has 1 amide bonds. The first-order valence-electron chi connectivity index (χ1n) is 8.90. The highest BCUT2D eigenvalue weighted by molar-refractivity contribution is 14.0. The molecule has 2 fully saturated rings. The number of nitrogens with one attached hydrogen (secondary N) is 2. The summed E-state index contributed by atoms with van der Waals surface area (Å²) < 4.78 is 0. The number of hydrogen-bond donors (Lipinski definition) is 2. The highest BCUT2D eigenvalue weighted by Gasteiger charge is 2.30. The van der Waals surface area contributed by atoms with Gasteiger partial charge in [-0.25, -0.2) is 0 Å². The third-order valence-corrected chi connectivity index (χ3v) is 4.50. The van der Waals surface area contributed by atoms with Gasteiger partial charge in [0.15, 0.2) is 5.96 Å². The number of carbonyl (C=O) groups excluding carboxylic acids is 1. The van der Waals surface area contributed by atoms with Gasteiger partial charge in [-0.1, -0.05) is 6.42 Å². The molecule has 140 valence electrons. The Morgan fingerprint density at radius 2 is 1.83 bits per heavy atom. The number of likely N-dealkylation sites (tertiary alicyclic amines) is 2. The quantitative estimate of drug-likeness (QED) is 0.389. The zero-order valence-corrected chi connectivity index (χ0v) is 17.9. The van der Waals surface area contributed by atoms with E-state index in [0.29, 0.717) is 6.04 Å². The molecule has 1 atom stereocenters. The molecule has 1 unspecified atom stereocenters. The summed E-state index contributed by atoms with van der Waals surface area (Å²) in [5.41, 5.74) is -0.199. The number of aliphatic imine (C=N–C) groups is 1. The normalized spacial score (nSPS) is 22.9. The number of hydrogen-bond acceptors (Lipinski definition) is 3. The lowest BCUT2D eigenvalue weighted by molar-refractivity contribution is -0.121. The number of carbonyl (C=O) groups is 1. The molecular formula is C17H34IN5O. The van der Waals surface area contributed by atoms with Crippen molar-refractivity contribution in [3.8, 4) is 0 Å². The van der Waals surface area contributed by atoms with Gasteiger partial charge in [-0.15, -0.1) is 24.0 Å². The Bertz CT molecular complexity index is 429. The van der Waals surface area contributed by atoms with Crippen LogP contribution in [0.1, 0.15) is 46.5 Å². The Hall–Kier alpha value is -0.570. The van der Waals surface area contributed by atoms with Crippen LogP contribution in [0, 0.1) is 0 Å². The lowest BCUT2D eigenvalue weighted by Crippen LogP contribution is -2.49. The fourth-order valence-electron chi connectivity index (χ4n) is 3.47. The minimum atomic E-state index is -0.199. The van der Waals surface area contributed by atoms with Crippen LogP contribution < -0.4 is 10.6 Å². The number of guanidine groups is 1.